The Morgan fingerprint density at radius 3 is 2.62 bits per heavy atom. The van der Waals surface area contributed by atoms with Crippen LogP contribution in [0.3, 0.4) is 0 Å². The highest BCUT2D eigenvalue weighted by Gasteiger charge is 2.05. The van der Waals surface area contributed by atoms with Gasteiger partial charge in [0.15, 0.2) is 0 Å². The van der Waals surface area contributed by atoms with E-state index in [1.54, 1.807) is 0 Å². The van der Waals surface area contributed by atoms with Crippen molar-refractivity contribution in [2.75, 3.05) is 33.4 Å². The fourth-order valence-electron chi connectivity index (χ4n) is 1.06. The van der Waals surface area contributed by atoms with Gasteiger partial charge in [-0.1, -0.05) is 6.92 Å². The molecule has 0 aromatic rings. The molecule has 0 radical (unpaired) electrons. The molecule has 0 bridgehead atoms. The topological polar surface area (TPSA) is 29.5 Å². The van der Waals surface area contributed by atoms with Gasteiger partial charge in [-0.05, 0) is 13.0 Å². The average Bonchev–Trinajstić information content (AvgIpc) is 2.17. The van der Waals surface area contributed by atoms with E-state index >= 15 is 0 Å². The highest BCUT2D eigenvalue weighted by molar-refractivity contribution is 5.69. The number of hydrogen-bond donors (Lipinski definition) is 0. The van der Waals surface area contributed by atoms with Gasteiger partial charge in [-0.25, -0.2) is 0 Å². The first kappa shape index (κ1) is 12.4. The molecule has 0 spiro atoms. The number of carbonyl (C=O) groups is 1. The smallest absolute Gasteiger partial charge is 0.306 e. The summed E-state index contributed by atoms with van der Waals surface area (Å²) >= 11 is 0. The van der Waals surface area contributed by atoms with E-state index in [1.165, 1.54) is 7.11 Å². The molecule has 0 aromatic heterocycles. The van der Waals surface area contributed by atoms with E-state index in [0.717, 1.165) is 6.54 Å². The molecule has 0 fully saturated rings. The zero-order valence-corrected chi connectivity index (χ0v) is 8.38. The molecule has 0 atom stereocenters. The second-order valence-corrected chi connectivity index (χ2v) is 2.80. The zero-order chi connectivity index (χ0) is 10.1. The van der Waals surface area contributed by atoms with Crippen LogP contribution in [0.25, 0.3) is 0 Å². The van der Waals surface area contributed by atoms with Crippen molar-refractivity contribution in [3.05, 3.63) is 0 Å². The van der Waals surface area contributed by atoms with E-state index in [1.807, 2.05) is 11.8 Å². The first-order chi connectivity index (χ1) is 6.24. The Labute approximate surface area is 78.9 Å². The molecule has 3 nitrogen and oxygen atoms in total. The van der Waals surface area contributed by atoms with Crippen LogP contribution in [-0.4, -0.2) is 44.3 Å². The molecular formula is C9H18FNO2. The van der Waals surface area contributed by atoms with E-state index < -0.39 is 0 Å². The maximum atomic E-state index is 11.8. The van der Waals surface area contributed by atoms with Gasteiger partial charge in [0.05, 0.1) is 20.2 Å². The van der Waals surface area contributed by atoms with Gasteiger partial charge < -0.3 is 9.64 Å². The van der Waals surface area contributed by atoms with Gasteiger partial charge in [0.25, 0.3) is 0 Å². The molecule has 78 valence electrons. The number of rotatable bonds is 7. The second kappa shape index (κ2) is 7.98. The number of alkyl halides is 1. The third kappa shape index (κ3) is 6.51. The van der Waals surface area contributed by atoms with Gasteiger partial charge in [-0.2, -0.15) is 0 Å². The fraction of sp³-hybridized carbons (Fsp3) is 0.889. The normalized spacial score (nSPS) is 10.5. The van der Waals surface area contributed by atoms with Gasteiger partial charge in [0.1, 0.15) is 0 Å². The summed E-state index contributed by atoms with van der Waals surface area (Å²) in [6.45, 7) is 3.91. The minimum atomic E-state index is -0.297. The predicted molar refractivity (Wildman–Crippen MR) is 49.3 cm³/mol. The quantitative estimate of drug-likeness (QED) is 0.567. The highest BCUT2D eigenvalue weighted by Crippen LogP contribution is 1.95. The van der Waals surface area contributed by atoms with Crippen LogP contribution in [0, 0.1) is 0 Å². The van der Waals surface area contributed by atoms with Crippen molar-refractivity contribution in [2.45, 2.75) is 19.8 Å². The van der Waals surface area contributed by atoms with Crippen molar-refractivity contribution in [3.63, 3.8) is 0 Å². The van der Waals surface area contributed by atoms with Crippen LogP contribution >= 0.6 is 0 Å². The summed E-state index contributed by atoms with van der Waals surface area (Å²) in [4.78, 5) is 12.8. The molecule has 0 aliphatic rings. The summed E-state index contributed by atoms with van der Waals surface area (Å²) in [5.41, 5.74) is 0. The van der Waals surface area contributed by atoms with Crippen LogP contribution in [0.4, 0.5) is 4.39 Å². The van der Waals surface area contributed by atoms with E-state index in [9.17, 15) is 9.18 Å². The standard InChI is InChI=1S/C9H18FNO2/c1-3-11(7-4-6-10)8-5-9(12)13-2/h3-8H2,1-2H3. The first-order valence-electron chi connectivity index (χ1n) is 4.59. The molecule has 0 rings (SSSR count). The minimum absolute atomic E-state index is 0.210. The van der Waals surface area contributed by atoms with Gasteiger partial charge in [-0.3, -0.25) is 9.18 Å². The molecule has 0 saturated carbocycles. The molecule has 4 heteroatoms. The van der Waals surface area contributed by atoms with Crippen molar-refractivity contribution in [3.8, 4) is 0 Å². The largest absolute Gasteiger partial charge is 0.469 e. The van der Waals surface area contributed by atoms with Crippen LogP contribution in [0.15, 0.2) is 0 Å². The zero-order valence-electron chi connectivity index (χ0n) is 8.38. The summed E-state index contributed by atoms with van der Waals surface area (Å²) in [5.74, 6) is -0.210. The Kier molecular flexibility index (Phi) is 7.59. The van der Waals surface area contributed by atoms with Gasteiger partial charge in [0.2, 0.25) is 0 Å². The molecule has 0 unspecified atom stereocenters. The monoisotopic (exact) mass is 191 g/mol. The lowest BCUT2D eigenvalue weighted by atomic mass is 10.3. The molecular weight excluding hydrogens is 173 g/mol. The Bertz CT molecular complexity index is 142. The second-order valence-electron chi connectivity index (χ2n) is 2.80. The Morgan fingerprint density at radius 1 is 1.46 bits per heavy atom. The number of methoxy groups -OCH3 is 1. The van der Waals surface area contributed by atoms with E-state index in [4.69, 9.17) is 0 Å². The van der Waals surface area contributed by atoms with Crippen molar-refractivity contribution < 1.29 is 13.9 Å². The number of esters is 1. The SMILES string of the molecule is CCN(CCCF)CCC(=O)OC. The van der Waals surface area contributed by atoms with Crippen LogP contribution in [0.1, 0.15) is 19.8 Å². The number of ether oxygens (including phenoxy) is 1. The van der Waals surface area contributed by atoms with Crippen LogP contribution < -0.4 is 0 Å². The lowest BCUT2D eigenvalue weighted by Crippen LogP contribution is -2.27. The summed E-state index contributed by atoms with van der Waals surface area (Å²) in [6, 6.07) is 0. The molecule has 0 amide bonds. The van der Waals surface area contributed by atoms with Crippen LogP contribution in [0.5, 0.6) is 0 Å². The lowest BCUT2D eigenvalue weighted by Gasteiger charge is -2.18. The predicted octanol–water partition coefficient (Wildman–Crippen LogP) is 1.23. The summed E-state index contributed by atoms with van der Waals surface area (Å²) in [5, 5.41) is 0. The van der Waals surface area contributed by atoms with Crippen molar-refractivity contribution >= 4 is 5.97 Å². The van der Waals surface area contributed by atoms with Gasteiger partial charge in [0, 0.05) is 13.1 Å². The molecule has 0 aliphatic heterocycles. The van der Waals surface area contributed by atoms with Crippen molar-refractivity contribution in [1.29, 1.82) is 0 Å². The minimum Gasteiger partial charge on any atom is -0.469 e. The Balaban J connectivity index is 3.52. The average molecular weight is 191 g/mol. The first-order valence-corrected chi connectivity index (χ1v) is 4.59. The maximum Gasteiger partial charge on any atom is 0.306 e. The van der Waals surface area contributed by atoms with Crippen molar-refractivity contribution in [2.24, 2.45) is 0 Å². The number of hydrogen-bond acceptors (Lipinski definition) is 3. The Hall–Kier alpha value is -0.640. The Morgan fingerprint density at radius 2 is 2.15 bits per heavy atom. The molecule has 0 heterocycles. The molecule has 0 aliphatic carbocycles. The third-order valence-electron chi connectivity index (χ3n) is 1.92. The van der Waals surface area contributed by atoms with Crippen LogP contribution in [-0.2, 0) is 9.53 Å². The van der Waals surface area contributed by atoms with Crippen molar-refractivity contribution in [1.82, 2.24) is 4.90 Å². The van der Waals surface area contributed by atoms with Gasteiger partial charge >= 0.3 is 5.97 Å². The lowest BCUT2D eigenvalue weighted by molar-refractivity contribution is -0.140. The summed E-state index contributed by atoms with van der Waals surface area (Å²) in [6.07, 6.45) is 0.922. The maximum absolute atomic E-state index is 11.8. The van der Waals surface area contributed by atoms with E-state index in [-0.39, 0.29) is 12.6 Å². The van der Waals surface area contributed by atoms with Crippen LogP contribution in [0.2, 0.25) is 0 Å². The number of carbonyl (C=O) groups excluding carboxylic acids is 1. The molecule has 0 N–H and O–H groups in total. The third-order valence-corrected chi connectivity index (χ3v) is 1.92. The van der Waals surface area contributed by atoms with E-state index in [2.05, 4.69) is 4.74 Å². The highest BCUT2D eigenvalue weighted by atomic mass is 19.1. The van der Waals surface area contributed by atoms with E-state index in [0.29, 0.717) is 25.9 Å². The van der Waals surface area contributed by atoms with Gasteiger partial charge in [-0.15, -0.1) is 0 Å². The molecule has 13 heavy (non-hydrogen) atoms. The number of halogens is 1. The summed E-state index contributed by atoms with van der Waals surface area (Å²) < 4.78 is 16.3. The number of nitrogens with zero attached hydrogens (tertiary/aromatic N) is 1. The fourth-order valence-corrected chi connectivity index (χ4v) is 1.06. The summed E-state index contributed by atoms with van der Waals surface area (Å²) in [7, 11) is 1.38. The molecule has 0 saturated heterocycles. The molecule has 0 aromatic carbocycles.